The fraction of sp³-hybridized carbons (Fsp3) is 0.308. The van der Waals surface area contributed by atoms with E-state index in [1.165, 1.54) is 24.3 Å². The number of hydrogen-bond acceptors (Lipinski definition) is 5. The lowest BCUT2D eigenvalue weighted by Gasteiger charge is -2.22. The summed E-state index contributed by atoms with van der Waals surface area (Å²) in [7, 11) is 1.49. The van der Waals surface area contributed by atoms with Crippen molar-refractivity contribution >= 4 is 23.0 Å². The maximum atomic E-state index is 12.4. The number of carbonyl (C=O) groups excluding carboxylic acids is 2. The number of amides is 1. The Morgan fingerprint density at radius 1 is 1.27 bits per heavy atom. The summed E-state index contributed by atoms with van der Waals surface area (Å²) in [5.74, 6) is -2.45. The molecule has 2 aromatic heterocycles. The number of rotatable bonds is 4. The molecule has 22 heavy (non-hydrogen) atoms. The maximum Gasteiger partial charge on any atom is 0.455 e. The summed E-state index contributed by atoms with van der Waals surface area (Å²) in [4.78, 5) is 24.2. The number of halogens is 3. The third kappa shape index (κ3) is 3.19. The van der Waals surface area contributed by atoms with Crippen LogP contribution >= 0.6 is 11.3 Å². The van der Waals surface area contributed by atoms with Gasteiger partial charge in [-0.3, -0.25) is 9.59 Å². The Morgan fingerprint density at radius 2 is 1.91 bits per heavy atom. The lowest BCUT2D eigenvalue weighted by atomic mass is 10.2. The van der Waals surface area contributed by atoms with Gasteiger partial charge in [-0.1, -0.05) is 5.16 Å². The van der Waals surface area contributed by atoms with Gasteiger partial charge in [0.2, 0.25) is 0 Å². The molecule has 0 saturated heterocycles. The lowest BCUT2D eigenvalue weighted by Crippen LogP contribution is -2.29. The van der Waals surface area contributed by atoms with Crippen LogP contribution < -0.4 is 0 Å². The van der Waals surface area contributed by atoms with Crippen LogP contribution in [0.25, 0.3) is 0 Å². The van der Waals surface area contributed by atoms with Gasteiger partial charge in [0.1, 0.15) is 12.0 Å². The van der Waals surface area contributed by atoms with Crippen LogP contribution in [0.2, 0.25) is 0 Å². The highest BCUT2D eigenvalue weighted by Gasteiger charge is 2.40. The van der Waals surface area contributed by atoms with E-state index in [0.717, 1.165) is 6.07 Å². The van der Waals surface area contributed by atoms with E-state index in [2.05, 4.69) is 9.68 Å². The monoisotopic (exact) mass is 332 g/mol. The summed E-state index contributed by atoms with van der Waals surface area (Å²) >= 11 is 0.514. The number of hydrogen-bond donors (Lipinski definition) is 0. The van der Waals surface area contributed by atoms with Gasteiger partial charge >= 0.3 is 6.18 Å². The van der Waals surface area contributed by atoms with E-state index < -0.39 is 28.8 Å². The molecule has 0 N–H and O–H groups in total. The number of alkyl halides is 3. The number of Topliss-reactive ketones (excluding diaryl/α,β-unsaturated/α-hetero) is 1. The normalized spacial score (nSPS) is 13.0. The highest BCUT2D eigenvalue weighted by atomic mass is 32.1. The van der Waals surface area contributed by atoms with Crippen LogP contribution in [0.3, 0.4) is 0 Å². The lowest BCUT2D eigenvalue weighted by molar-refractivity contribution is -0.0882. The molecule has 0 aliphatic heterocycles. The third-order valence-electron chi connectivity index (χ3n) is 3.09. The van der Waals surface area contributed by atoms with Gasteiger partial charge in [0.05, 0.1) is 15.8 Å². The molecule has 0 fully saturated rings. The molecule has 0 aromatic carbocycles. The zero-order valence-electron chi connectivity index (χ0n) is 11.5. The van der Waals surface area contributed by atoms with Crippen LogP contribution in [-0.2, 0) is 0 Å². The summed E-state index contributed by atoms with van der Waals surface area (Å²) in [6, 6.07) is 3.37. The molecule has 0 bridgehead atoms. The molecule has 0 saturated carbocycles. The van der Waals surface area contributed by atoms with Crippen LogP contribution in [-0.4, -0.2) is 35.0 Å². The van der Waals surface area contributed by atoms with E-state index in [1.54, 1.807) is 13.0 Å². The van der Waals surface area contributed by atoms with E-state index in [4.69, 9.17) is 0 Å². The summed E-state index contributed by atoms with van der Waals surface area (Å²) in [5, 5.41) is 3.71. The molecule has 0 aliphatic carbocycles. The predicted molar refractivity (Wildman–Crippen MR) is 71.7 cm³/mol. The van der Waals surface area contributed by atoms with Crippen molar-refractivity contribution in [1.29, 1.82) is 0 Å². The van der Waals surface area contributed by atoms with Gasteiger partial charge in [0.15, 0.2) is 0 Å². The molecular formula is C13H11F3N2O3S. The van der Waals surface area contributed by atoms with Gasteiger partial charge in [0, 0.05) is 13.1 Å². The summed E-state index contributed by atoms with van der Waals surface area (Å²) < 4.78 is 41.8. The highest BCUT2D eigenvalue weighted by molar-refractivity contribution is 7.16. The molecule has 5 nitrogen and oxygen atoms in total. The van der Waals surface area contributed by atoms with Crippen LogP contribution in [0.4, 0.5) is 13.2 Å². The van der Waals surface area contributed by atoms with Gasteiger partial charge in [0.25, 0.3) is 11.7 Å². The standard InChI is InChI=1S/C13H11F3N2O3S/c1-7(8-5-6-21-17-8)18(2)12(20)10-4-3-9(22-10)11(19)13(14,15)16/h3-7H,1-2H3. The second kappa shape index (κ2) is 5.91. The highest BCUT2D eigenvalue weighted by Crippen LogP contribution is 2.28. The van der Waals surface area contributed by atoms with Crippen LogP contribution in [0.1, 0.15) is 38.0 Å². The Hall–Kier alpha value is -2.16. The average molecular weight is 332 g/mol. The second-order valence-electron chi connectivity index (χ2n) is 4.51. The molecule has 1 amide bonds. The Balaban J connectivity index is 2.17. The number of aromatic nitrogens is 1. The van der Waals surface area contributed by atoms with E-state index in [-0.39, 0.29) is 4.88 Å². The number of ketones is 1. The minimum Gasteiger partial charge on any atom is -0.364 e. The molecule has 118 valence electrons. The first kappa shape index (κ1) is 16.2. The second-order valence-corrected chi connectivity index (χ2v) is 5.59. The molecule has 0 aliphatic rings. The largest absolute Gasteiger partial charge is 0.455 e. The van der Waals surface area contributed by atoms with Crippen molar-refractivity contribution in [3.05, 3.63) is 39.9 Å². The van der Waals surface area contributed by atoms with Crippen molar-refractivity contribution in [3.63, 3.8) is 0 Å². The number of thiophene rings is 1. The zero-order valence-corrected chi connectivity index (χ0v) is 12.4. The first-order chi connectivity index (χ1) is 10.2. The van der Waals surface area contributed by atoms with Crippen molar-refractivity contribution in [2.24, 2.45) is 0 Å². The molecule has 2 aromatic rings. The Kier molecular flexibility index (Phi) is 4.36. The van der Waals surface area contributed by atoms with Gasteiger partial charge in [-0.05, 0) is 19.1 Å². The first-order valence-electron chi connectivity index (χ1n) is 6.10. The molecule has 9 heteroatoms. The zero-order chi connectivity index (χ0) is 16.5. The smallest absolute Gasteiger partial charge is 0.364 e. The summed E-state index contributed by atoms with van der Waals surface area (Å²) in [5.41, 5.74) is 0.513. The van der Waals surface area contributed by atoms with Gasteiger partial charge < -0.3 is 9.42 Å². The molecule has 2 heterocycles. The Labute approximate surface area is 127 Å². The molecule has 0 radical (unpaired) electrons. The van der Waals surface area contributed by atoms with Gasteiger partial charge in [-0.2, -0.15) is 13.2 Å². The fourth-order valence-corrected chi connectivity index (χ4v) is 2.65. The van der Waals surface area contributed by atoms with Crippen molar-refractivity contribution in [1.82, 2.24) is 10.1 Å². The number of nitrogens with zero attached hydrogens (tertiary/aromatic N) is 2. The van der Waals surface area contributed by atoms with Crippen molar-refractivity contribution in [2.75, 3.05) is 7.05 Å². The van der Waals surface area contributed by atoms with E-state index in [1.807, 2.05) is 0 Å². The summed E-state index contributed by atoms with van der Waals surface area (Å²) in [6.45, 7) is 1.70. The summed E-state index contributed by atoms with van der Waals surface area (Å²) in [6.07, 6.45) is -3.60. The van der Waals surface area contributed by atoms with Crippen molar-refractivity contribution in [2.45, 2.75) is 19.1 Å². The fourth-order valence-electron chi connectivity index (χ4n) is 1.70. The van der Waals surface area contributed by atoms with Crippen LogP contribution in [0.15, 0.2) is 29.0 Å². The van der Waals surface area contributed by atoms with E-state index in [9.17, 15) is 22.8 Å². The number of carbonyl (C=O) groups is 2. The first-order valence-corrected chi connectivity index (χ1v) is 6.92. The molecule has 1 unspecified atom stereocenters. The topological polar surface area (TPSA) is 63.4 Å². The van der Waals surface area contributed by atoms with E-state index in [0.29, 0.717) is 17.0 Å². The SMILES string of the molecule is CC(c1ccon1)N(C)C(=O)c1ccc(C(=O)C(F)(F)F)s1. The van der Waals surface area contributed by atoms with Crippen molar-refractivity contribution in [3.8, 4) is 0 Å². The van der Waals surface area contributed by atoms with Crippen LogP contribution in [0, 0.1) is 0 Å². The van der Waals surface area contributed by atoms with Crippen LogP contribution in [0.5, 0.6) is 0 Å². The predicted octanol–water partition coefficient (Wildman–Crippen LogP) is 3.31. The maximum absolute atomic E-state index is 12.4. The molecule has 1 atom stereocenters. The Bertz CT molecular complexity index is 679. The minimum atomic E-state index is -4.95. The minimum absolute atomic E-state index is 0.0467. The van der Waals surface area contributed by atoms with Gasteiger partial charge in [-0.15, -0.1) is 11.3 Å². The molecular weight excluding hydrogens is 321 g/mol. The van der Waals surface area contributed by atoms with E-state index >= 15 is 0 Å². The third-order valence-corrected chi connectivity index (χ3v) is 4.16. The Morgan fingerprint density at radius 3 is 2.45 bits per heavy atom. The molecule has 0 spiro atoms. The average Bonchev–Trinajstić information content (AvgIpc) is 3.13. The quantitative estimate of drug-likeness (QED) is 0.806. The van der Waals surface area contributed by atoms with Gasteiger partial charge in [-0.25, -0.2) is 0 Å². The molecule has 2 rings (SSSR count). The van der Waals surface area contributed by atoms with Crippen molar-refractivity contribution < 1.29 is 27.3 Å².